The van der Waals surface area contributed by atoms with Crippen molar-refractivity contribution in [3.05, 3.63) is 63.6 Å². The van der Waals surface area contributed by atoms with Gasteiger partial charge in [0.05, 0.1) is 6.10 Å². The lowest BCUT2D eigenvalue weighted by Crippen LogP contribution is -2.12. The molecule has 0 fully saturated rings. The van der Waals surface area contributed by atoms with Gasteiger partial charge in [-0.25, -0.2) is 8.78 Å². The van der Waals surface area contributed by atoms with E-state index in [9.17, 15) is 13.9 Å². The van der Waals surface area contributed by atoms with Gasteiger partial charge in [0.1, 0.15) is 0 Å². The zero-order valence-electron chi connectivity index (χ0n) is 10.8. The first-order valence-electron chi connectivity index (χ1n) is 6.10. The third-order valence-corrected chi connectivity index (χ3v) is 3.33. The fraction of sp³-hybridized carbons (Fsp3) is 0.200. The lowest BCUT2D eigenvalue weighted by Gasteiger charge is -2.14. The van der Waals surface area contributed by atoms with Crippen molar-refractivity contribution < 1.29 is 13.9 Å². The molecule has 2 rings (SSSR count). The summed E-state index contributed by atoms with van der Waals surface area (Å²) in [5.74, 6) is -1.88. The molecule has 20 heavy (non-hydrogen) atoms. The van der Waals surface area contributed by atoms with Crippen molar-refractivity contribution in [3.8, 4) is 0 Å². The third-order valence-electron chi connectivity index (χ3n) is 2.87. The Bertz CT molecular complexity index is 599. The molecule has 0 spiro atoms. The molecule has 1 atom stereocenters. The normalized spacial score (nSPS) is 12.2. The van der Waals surface area contributed by atoms with Crippen LogP contribution in [-0.4, -0.2) is 11.7 Å². The van der Waals surface area contributed by atoms with Gasteiger partial charge in [0.2, 0.25) is 0 Å². The Balaban J connectivity index is 2.04. The van der Waals surface area contributed by atoms with E-state index in [4.69, 9.17) is 0 Å². The lowest BCUT2D eigenvalue weighted by atomic mass is 10.1. The first kappa shape index (κ1) is 14.9. The number of halogens is 3. The number of aryl methyl sites for hydroxylation is 1. The van der Waals surface area contributed by atoms with Crippen molar-refractivity contribution >= 4 is 21.6 Å². The number of hydrogen-bond acceptors (Lipinski definition) is 2. The van der Waals surface area contributed by atoms with E-state index >= 15 is 0 Å². The molecular weight excluding hydrogens is 328 g/mol. The Hall–Kier alpha value is -1.46. The molecule has 0 aliphatic carbocycles. The molecular formula is C15H14BrF2NO. The topological polar surface area (TPSA) is 32.3 Å². The van der Waals surface area contributed by atoms with Crippen molar-refractivity contribution in [1.29, 1.82) is 0 Å². The third kappa shape index (κ3) is 3.77. The van der Waals surface area contributed by atoms with Crippen LogP contribution >= 0.6 is 15.9 Å². The highest BCUT2D eigenvalue weighted by molar-refractivity contribution is 9.10. The first-order valence-corrected chi connectivity index (χ1v) is 6.89. The number of benzene rings is 2. The summed E-state index contributed by atoms with van der Waals surface area (Å²) >= 11 is 3.39. The molecule has 2 aromatic rings. The van der Waals surface area contributed by atoms with E-state index < -0.39 is 17.7 Å². The van der Waals surface area contributed by atoms with E-state index in [1.54, 1.807) is 0 Å². The fourth-order valence-electron chi connectivity index (χ4n) is 1.89. The minimum atomic E-state index is -0.958. The number of aliphatic hydroxyl groups excluding tert-OH is 1. The standard InChI is InChI=1S/C15H14BrF2NO/c1-9-4-11(16)7-12(5-9)19-8-15(20)10-2-3-13(17)14(18)6-10/h2-7,15,19-20H,8H2,1H3. The Morgan fingerprint density at radius 2 is 1.90 bits per heavy atom. The quantitative estimate of drug-likeness (QED) is 0.874. The van der Waals surface area contributed by atoms with Crippen LogP contribution in [0.5, 0.6) is 0 Å². The van der Waals surface area contributed by atoms with Crippen LogP contribution in [-0.2, 0) is 0 Å². The van der Waals surface area contributed by atoms with Gasteiger partial charge in [-0.2, -0.15) is 0 Å². The SMILES string of the molecule is Cc1cc(Br)cc(NCC(O)c2ccc(F)c(F)c2)c1. The smallest absolute Gasteiger partial charge is 0.159 e. The summed E-state index contributed by atoms with van der Waals surface area (Å²) in [6.07, 6.45) is -0.913. The Morgan fingerprint density at radius 3 is 2.55 bits per heavy atom. The second-order valence-electron chi connectivity index (χ2n) is 4.59. The second-order valence-corrected chi connectivity index (χ2v) is 5.50. The van der Waals surface area contributed by atoms with Crippen molar-refractivity contribution in [2.24, 2.45) is 0 Å². The van der Waals surface area contributed by atoms with Gasteiger partial charge in [0, 0.05) is 16.7 Å². The molecule has 1 unspecified atom stereocenters. The average molecular weight is 342 g/mol. The molecule has 106 valence electrons. The summed E-state index contributed by atoms with van der Waals surface area (Å²) in [6, 6.07) is 9.17. The molecule has 0 saturated heterocycles. The number of aliphatic hydroxyl groups is 1. The Labute approximate surface area is 124 Å². The highest BCUT2D eigenvalue weighted by atomic mass is 79.9. The van der Waals surface area contributed by atoms with Gasteiger partial charge in [-0.3, -0.25) is 0 Å². The fourth-order valence-corrected chi connectivity index (χ4v) is 2.50. The monoisotopic (exact) mass is 341 g/mol. The molecule has 0 saturated carbocycles. The first-order chi connectivity index (χ1) is 9.45. The van der Waals surface area contributed by atoms with Crippen LogP contribution in [0.3, 0.4) is 0 Å². The summed E-state index contributed by atoms with van der Waals surface area (Å²) in [4.78, 5) is 0. The number of hydrogen-bond donors (Lipinski definition) is 2. The lowest BCUT2D eigenvalue weighted by molar-refractivity contribution is 0.191. The van der Waals surface area contributed by atoms with E-state index in [2.05, 4.69) is 21.2 Å². The van der Waals surface area contributed by atoms with Crippen LogP contribution in [0.15, 0.2) is 40.9 Å². The van der Waals surface area contributed by atoms with Gasteiger partial charge in [0.25, 0.3) is 0 Å². The molecule has 2 aromatic carbocycles. The predicted molar refractivity (Wildman–Crippen MR) is 78.7 cm³/mol. The zero-order valence-corrected chi connectivity index (χ0v) is 12.4. The van der Waals surface area contributed by atoms with Crippen LogP contribution < -0.4 is 5.32 Å². The summed E-state index contributed by atoms with van der Waals surface area (Å²) in [5, 5.41) is 13.0. The van der Waals surface area contributed by atoms with Crippen LogP contribution in [0.2, 0.25) is 0 Å². The summed E-state index contributed by atoms with van der Waals surface area (Å²) in [5.41, 5.74) is 2.26. The molecule has 2 nitrogen and oxygen atoms in total. The van der Waals surface area contributed by atoms with E-state index in [1.807, 2.05) is 25.1 Å². The number of anilines is 1. The van der Waals surface area contributed by atoms with Crippen LogP contribution in [0, 0.1) is 18.6 Å². The van der Waals surface area contributed by atoms with Gasteiger partial charge in [-0.15, -0.1) is 0 Å². The summed E-state index contributed by atoms with van der Waals surface area (Å²) in [7, 11) is 0. The minimum absolute atomic E-state index is 0.209. The Kier molecular flexibility index (Phi) is 4.73. The van der Waals surface area contributed by atoms with Gasteiger partial charge in [0.15, 0.2) is 11.6 Å². The highest BCUT2D eigenvalue weighted by Crippen LogP contribution is 2.21. The van der Waals surface area contributed by atoms with Crippen LogP contribution in [0.25, 0.3) is 0 Å². The molecule has 0 radical (unpaired) electrons. The maximum Gasteiger partial charge on any atom is 0.159 e. The highest BCUT2D eigenvalue weighted by Gasteiger charge is 2.11. The van der Waals surface area contributed by atoms with Crippen molar-refractivity contribution in [2.45, 2.75) is 13.0 Å². The summed E-state index contributed by atoms with van der Waals surface area (Å²) < 4.78 is 26.9. The summed E-state index contributed by atoms with van der Waals surface area (Å²) in [6.45, 7) is 2.17. The molecule has 0 amide bonds. The molecule has 5 heteroatoms. The molecule has 0 aliphatic rings. The largest absolute Gasteiger partial charge is 0.387 e. The van der Waals surface area contributed by atoms with E-state index in [-0.39, 0.29) is 6.54 Å². The van der Waals surface area contributed by atoms with Gasteiger partial charge < -0.3 is 10.4 Å². The Morgan fingerprint density at radius 1 is 1.15 bits per heavy atom. The maximum absolute atomic E-state index is 13.1. The molecule has 0 aliphatic heterocycles. The van der Waals surface area contributed by atoms with Gasteiger partial charge >= 0.3 is 0 Å². The van der Waals surface area contributed by atoms with Crippen molar-refractivity contribution in [1.82, 2.24) is 0 Å². The van der Waals surface area contributed by atoms with Gasteiger partial charge in [-0.1, -0.05) is 22.0 Å². The van der Waals surface area contributed by atoms with Crippen LogP contribution in [0.1, 0.15) is 17.2 Å². The maximum atomic E-state index is 13.1. The number of nitrogens with one attached hydrogen (secondary N) is 1. The second kappa shape index (κ2) is 6.33. The van der Waals surface area contributed by atoms with Crippen molar-refractivity contribution in [2.75, 3.05) is 11.9 Å². The van der Waals surface area contributed by atoms with Crippen molar-refractivity contribution in [3.63, 3.8) is 0 Å². The molecule has 0 bridgehead atoms. The predicted octanol–water partition coefficient (Wildman–Crippen LogP) is 4.18. The molecule has 2 N–H and O–H groups in total. The van der Waals surface area contributed by atoms with E-state index in [1.165, 1.54) is 6.07 Å². The molecule has 0 aromatic heterocycles. The van der Waals surface area contributed by atoms with E-state index in [0.717, 1.165) is 27.9 Å². The molecule has 0 heterocycles. The minimum Gasteiger partial charge on any atom is -0.387 e. The average Bonchev–Trinajstić information content (AvgIpc) is 2.38. The zero-order chi connectivity index (χ0) is 14.7. The van der Waals surface area contributed by atoms with E-state index in [0.29, 0.717) is 5.56 Å². The number of rotatable bonds is 4. The van der Waals surface area contributed by atoms with Crippen LogP contribution in [0.4, 0.5) is 14.5 Å². The van der Waals surface area contributed by atoms with Gasteiger partial charge in [-0.05, 0) is 48.4 Å².